The highest BCUT2D eigenvalue weighted by Crippen LogP contribution is 2.35. The SMILES string of the molecule is CS(=O)CCN=C1NC2(CCCCC2)CS1. The number of amidine groups is 1. The lowest BCUT2D eigenvalue weighted by atomic mass is 9.83. The molecule has 2 rings (SSSR count). The van der Waals surface area contributed by atoms with E-state index in [0.29, 0.717) is 17.8 Å². The summed E-state index contributed by atoms with van der Waals surface area (Å²) in [7, 11) is -0.723. The summed E-state index contributed by atoms with van der Waals surface area (Å²) in [5, 5.41) is 4.67. The van der Waals surface area contributed by atoms with Gasteiger partial charge in [0.2, 0.25) is 0 Å². The zero-order valence-electron chi connectivity index (χ0n) is 9.83. The van der Waals surface area contributed by atoms with E-state index in [0.717, 1.165) is 5.17 Å². The molecule has 2 aliphatic rings. The van der Waals surface area contributed by atoms with Gasteiger partial charge in [0.15, 0.2) is 5.17 Å². The average Bonchev–Trinajstić information content (AvgIpc) is 2.62. The van der Waals surface area contributed by atoms with Crippen molar-refractivity contribution in [2.24, 2.45) is 4.99 Å². The number of rotatable bonds is 3. The van der Waals surface area contributed by atoms with Crippen molar-refractivity contribution in [1.29, 1.82) is 0 Å². The normalized spacial score (nSPS) is 28.2. The second-order valence-electron chi connectivity index (χ2n) is 4.72. The largest absolute Gasteiger partial charge is 0.359 e. The van der Waals surface area contributed by atoms with Crippen molar-refractivity contribution >= 4 is 27.7 Å². The van der Waals surface area contributed by atoms with E-state index in [-0.39, 0.29) is 0 Å². The van der Waals surface area contributed by atoms with Crippen LogP contribution >= 0.6 is 11.8 Å². The number of thioether (sulfide) groups is 1. The Bertz CT molecular complexity index is 298. The summed E-state index contributed by atoms with van der Waals surface area (Å²) in [5.41, 5.74) is 0.340. The number of nitrogens with one attached hydrogen (secondary N) is 1. The van der Waals surface area contributed by atoms with Crippen LogP contribution in [0, 0.1) is 0 Å². The molecule has 1 heterocycles. The van der Waals surface area contributed by atoms with E-state index in [1.165, 1.54) is 37.9 Å². The molecule has 2 fully saturated rings. The number of nitrogens with zero attached hydrogens (tertiary/aromatic N) is 1. The van der Waals surface area contributed by atoms with Crippen LogP contribution in [0.25, 0.3) is 0 Å². The van der Waals surface area contributed by atoms with Crippen LogP contribution < -0.4 is 5.32 Å². The first-order valence-electron chi connectivity index (χ1n) is 5.96. The molecule has 0 bridgehead atoms. The highest BCUT2D eigenvalue weighted by Gasteiger charge is 2.37. The third-order valence-electron chi connectivity index (χ3n) is 3.30. The summed E-state index contributed by atoms with van der Waals surface area (Å²) >= 11 is 1.84. The number of hydrogen-bond donors (Lipinski definition) is 1. The predicted octanol–water partition coefficient (Wildman–Crippen LogP) is 1.76. The van der Waals surface area contributed by atoms with E-state index >= 15 is 0 Å². The summed E-state index contributed by atoms with van der Waals surface area (Å²) in [5.74, 6) is 1.85. The maximum atomic E-state index is 10.9. The molecule has 3 nitrogen and oxygen atoms in total. The van der Waals surface area contributed by atoms with Gasteiger partial charge in [-0.15, -0.1) is 0 Å². The molecule has 0 aromatic heterocycles. The Labute approximate surface area is 104 Å². The predicted molar refractivity (Wildman–Crippen MR) is 72.6 cm³/mol. The van der Waals surface area contributed by atoms with Gasteiger partial charge >= 0.3 is 0 Å². The van der Waals surface area contributed by atoms with Gasteiger partial charge in [-0.3, -0.25) is 9.20 Å². The summed E-state index contributed by atoms with van der Waals surface area (Å²) in [4.78, 5) is 4.49. The minimum Gasteiger partial charge on any atom is -0.359 e. The lowest BCUT2D eigenvalue weighted by Crippen LogP contribution is -2.45. The standard InChI is InChI=1S/C11H20N2OS2/c1-16(14)8-7-12-10-13-11(9-15-10)5-3-2-4-6-11/h2-9H2,1H3,(H,12,13). The molecule has 1 saturated carbocycles. The molecule has 5 heteroatoms. The van der Waals surface area contributed by atoms with Crippen LogP contribution in [0.4, 0.5) is 0 Å². The van der Waals surface area contributed by atoms with Crippen molar-refractivity contribution in [1.82, 2.24) is 5.32 Å². The highest BCUT2D eigenvalue weighted by molar-refractivity contribution is 8.14. The minimum absolute atomic E-state index is 0.340. The first kappa shape index (κ1) is 12.4. The molecule has 1 unspecified atom stereocenters. The maximum Gasteiger partial charge on any atom is 0.157 e. The molecular formula is C11H20N2OS2. The van der Waals surface area contributed by atoms with E-state index in [1.54, 1.807) is 6.26 Å². The van der Waals surface area contributed by atoms with Gasteiger partial charge in [0.05, 0.1) is 6.54 Å². The summed E-state index contributed by atoms with van der Waals surface area (Å²) in [6.07, 6.45) is 8.39. The monoisotopic (exact) mass is 260 g/mol. The fraction of sp³-hybridized carbons (Fsp3) is 0.909. The fourth-order valence-electron chi connectivity index (χ4n) is 2.36. The molecule has 0 aromatic rings. The van der Waals surface area contributed by atoms with Gasteiger partial charge in [-0.25, -0.2) is 0 Å². The molecule has 0 aromatic carbocycles. The Morgan fingerprint density at radius 2 is 2.19 bits per heavy atom. The Hall–Kier alpha value is -0.0300. The van der Waals surface area contributed by atoms with Crippen molar-refractivity contribution < 1.29 is 4.21 Å². The lowest BCUT2D eigenvalue weighted by Gasteiger charge is -2.32. The summed E-state index contributed by atoms with van der Waals surface area (Å²) in [6.45, 7) is 0.689. The quantitative estimate of drug-likeness (QED) is 0.841. The van der Waals surface area contributed by atoms with Gasteiger partial charge in [-0.1, -0.05) is 31.0 Å². The van der Waals surface area contributed by atoms with E-state index in [1.807, 2.05) is 11.8 Å². The number of hydrogen-bond acceptors (Lipinski definition) is 3. The Morgan fingerprint density at radius 1 is 1.44 bits per heavy atom. The van der Waals surface area contributed by atoms with Crippen LogP contribution in [0.3, 0.4) is 0 Å². The van der Waals surface area contributed by atoms with Gasteiger partial charge in [0, 0.05) is 34.1 Å². The molecular weight excluding hydrogens is 240 g/mol. The molecule has 1 atom stereocenters. The lowest BCUT2D eigenvalue weighted by molar-refractivity contribution is 0.303. The topological polar surface area (TPSA) is 41.5 Å². The van der Waals surface area contributed by atoms with Gasteiger partial charge < -0.3 is 5.32 Å². The van der Waals surface area contributed by atoms with Crippen molar-refractivity contribution in [2.75, 3.05) is 24.3 Å². The van der Waals surface area contributed by atoms with Crippen LogP contribution in [0.1, 0.15) is 32.1 Å². The van der Waals surface area contributed by atoms with Crippen LogP contribution in [-0.4, -0.2) is 39.2 Å². The molecule has 92 valence electrons. The molecule has 0 amide bonds. The molecule has 1 aliphatic carbocycles. The molecule has 1 aliphatic heterocycles. The zero-order chi connectivity index (χ0) is 11.4. The highest BCUT2D eigenvalue weighted by atomic mass is 32.2. The molecule has 1 saturated heterocycles. The van der Waals surface area contributed by atoms with Crippen molar-refractivity contribution in [3.05, 3.63) is 0 Å². The fourth-order valence-corrected chi connectivity index (χ4v) is 3.96. The van der Waals surface area contributed by atoms with Crippen molar-refractivity contribution in [3.63, 3.8) is 0 Å². The van der Waals surface area contributed by atoms with Gasteiger partial charge in [-0.05, 0) is 12.8 Å². The average molecular weight is 260 g/mol. The van der Waals surface area contributed by atoms with Gasteiger partial charge in [0.25, 0.3) is 0 Å². The first-order chi connectivity index (χ1) is 7.70. The van der Waals surface area contributed by atoms with Crippen LogP contribution in [-0.2, 0) is 10.8 Å². The number of aliphatic imine (C=N–C) groups is 1. The van der Waals surface area contributed by atoms with E-state index in [4.69, 9.17) is 0 Å². The summed E-state index contributed by atoms with van der Waals surface area (Å²) in [6, 6.07) is 0. The van der Waals surface area contributed by atoms with Crippen LogP contribution in [0.2, 0.25) is 0 Å². The van der Waals surface area contributed by atoms with E-state index in [2.05, 4.69) is 10.3 Å². The first-order valence-corrected chi connectivity index (χ1v) is 8.67. The van der Waals surface area contributed by atoms with Crippen LogP contribution in [0.15, 0.2) is 4.99 Å². The summed E-state index contributed by atoms with van der Waals surface area (Å²) < 4.78 is 10.9. The van der Waals surface area contributed by atoms with Crippen molar-refractivity contribution in [3.8, 4) is 0 Å². The second-order valence-corrected chi connectivity index (χ2v) is 7.24. The minimum atomic E-state index is -0.723. The molecule has 1 spiro atoms. The zero-order valence-corrected chi connectivity index (χ0v) is 11.5. The van der Waals surface area contributed by atoms with Crippen LogP contribution in [0.5, 0.6) is 0 Å². The third kappa shape index (κ3) is 3.23. The van der Waals surface area contributed by atoms with Gasteiger partial charge in [-0.2, -0.15) is 0 Å². The Balaban J connectivity index is 1.84. The molecule has 16 heavy (non-hydrogen) atoms. The van der Waals surface area contributed by atoms with E-state index in [9.17, 15) is 4.21 Å². The third-order valence-corrected chi connectivity index (χ3v) is 5.26. The second kappa shape index (κ2) is 5.54. The van der Waals surface area contributed by atoms with E-state index < -0.39 is 10.8 Å². The smallest absolute Gasteiger partial charge is 0.157 e. The van der Waals surface area contributed by atoms with Gasteiger partial charge in [0.1, 0.15) is 0 Å². The Kier molecular flexibility index (Phi) is 4.30. The maximum absolute atomic E-state index is 10.9. The molecule has 0 radical (unpaired) electrons. The molecule has 1 N–H and O–H groups in total. The Morgan fingerprint density at radius 3 is 2.88 bits per heavy atom. The van der Waals surface area contributed by atoms with Crippen molar-refractivity contribution in [2.45, 2.75) is 37.6 Å².